The third-order valence-electron chi connectivity index (χ3n) is 3.65. The summed E-state index contributed by atoms with van der Waals surface area (Å²) in [6.45, 7) is 0. The van der Waals surface area contributed by atoms with Gasteiger partial charge in [0, 0.05) is 7.05 Å². The van der Waals surface area contributed by atoms with Crippen LogP contribution in [0.3, 0.4) is 0 Å². The number of methoxy groups -OCH3 is 4. The molecule has 5 heteroatoms. The largest absolute Gasteiger partial charge is 0.495 e. The first-order chi connectivity index (χ1) is 11.7. The van der Waals surface area contributed by atoms with Crippen LogP contribution in [-0.4, -0.2) is 35.5 Å². The molecule has 2 aromatic carbocycles. The molecule has 128 valence electrons. The molecule has 0 saturated carbocycles. The highest BCUT2D eigenvalue weighted by Gasteiger charge is 2.12. The third kappa shape index (κ3) is 3.74. The second-order valence-electron chi connectivity index (χ2n) is 5.00. The molecule has 0 spiro atoms. The van der Waals surface area contributed by atoms with Gasteiger partial charge in [-0.25, -0.2) is 0 Å². The maximum Gasteiger partial charge on any atom is 0.203 e. The predicted octanol–water partition coefficient (Wildman–Crippen LogP) is 3.93. The molecule has 2 rings (SSSR count). The van der Waals surface area contributed by atoms with Crippen molar-refractivity contribution in [1.82, 2.24) is 0 Å². The number of nitrogens with one attached hydrogen (secondary N) is 1. The van der Waals surface area contributed by atoms with Gasteiger partial charge in [0.15, 0.2) is 11.5 Å². The Morgan fingerprint density at radius 3 is 1.79 bits per heavy atom. The zero-order chi connectivity index (χ0) is 17.5. The van der Waals surface area contributed by atoms with Crippen molar-refractivity contribution in [3.63, 3.8) is 0 Å². The lowest BCUT2D eigenvalue weighted by atomic mass is 10.1. The normalized spacial score (nSPS) is 10.5. The molecule has 2 aromatic rings. The molecule has 1 N–H and O–H groups in total. The molecule has 0 aliphatic rings. The van der Waals surface area contributed by atoms with Crippen molar-refractivity contribution >= 4 is 17.8 Å². The SMILES string of the molecule is CNc1cc(/C=C/c2cc(OC)c(OC)c(OC)c2)ccc1OC. The van der Waals surface area contributed by atoms with Crippen LogP contribution >= 0.6 is 0 Å². The molecule has 0 heterocycles. The van der Waals surface area contributed by atoms with E-state index in [2.05, 4.69) is 5.32 Å². The van der Waals surface area contributed by atoms with Gasteiger partial charge < -0.3 is 24.3 Å². The van der Waals surface area contributed by atoms with Crippen LogP contribution in [0.5, 0.6) is 23.0 Å². The van der Waals surface area contributed by atoms with Gasteiger partial charge in [0.2, 0.25) is 5.75 Å². The molecule has 0 bridgehead atoms. The number of hydrogen-bond donors (Lipinski definition) is 1. The van der Waals surface area contributed by atoms with Crippen molar-refractivity contribution in [3.8, 4) is 23.0 Å². The summed E-state index contributed by atoms with van der Waals surface area (Å²) in [5.74, 6) is 2.64. The zero-order valence-electron chi connectivity index (χ0n) is 14.7. The van der Waals surface area contributed by atoms with Crippen LogP contribution in [0.15, 0.2) is 30.3 Å². The second kappa shape index (κ2) is 8.15. The summed E-state index contributed by atoms with van der Waals surface area (Å²) < 4.78 is 21.4. The van der Waals surface area contributed by atoms with E-state index >= 15 is 0 Å². The Morgan fingerprint density at radius 1 is 0.708 bits per heavy atom. The molecule has 0 atom stereocenters. The highest BCUT2D eigenvalue weighted by atomic mass is 16.5. The van der Waals surface area contributed by atoms with E-state index < -0.39 is 0 Å². The standard InChI is InChI=1S/C19H23NO4/c1-20-15-10-13(8-9-16(15)21-2)6-7-14-11-17(22-3)19(24-5)18(12-14)23-4/h6-12,20H,1-5H3/b7-6+. The first-order valence-electron chi connectivity index (χ1n) is 7.50. The van der Waals surface area contributed by atoms with Crippen LogP contribution in [0.25, 0.3) is 12.2 Å². The van der Waals surface area contributed by atoms with Crippen LogP contribution < -0.4 is 24.3 Å². The van der Waals surface area contributed by atoms with E-state index in [1.165, 1.54) is 0 Å². The van der Waals surface area contributed by atoms with Gasteiger partial charge in [-0.2, -0.15) is 0 Å². The van der Waals surface area contributed by atoms with Crippen LogP contribution in [0.2, 0.25) is 0 Å². The summed E-state index contributed by atoms with van der Waals surface area (Å²) in [6.07, 6.45) is 4.01. The lowest BCUT2D eigenvalue weighted by Crippen LogP contribution is -1.95. The monoisotopic (exact) mass is 329 g/mol. The molecule has 0 saturated heterocycles. The Kier molecular flexibility index (Phi) is 5.95. The Hall–Kier alpha value is -2.82. The Morgan fingerprint density at radius 2 is 1.29 bits per heavy atom. The van der Waals surface area contributed by atoms with Gasteiger partial charge in [0.25, 0.3) is 0 Å². The fourth-order valence-corrected chi connectivity index (χ4v) is 2.41. The molecule has 5 nitrogen and oxygen atoms in total. The molecule has 0 aliphatic heterocycles. The number of anilines is 1. The Balaban J connectivity index is 2.35. The van der Waals surface area contributed by atoms with E-state index in [4.69, 9.17) is 18.9 Å². The highest BCUT2D eigenvalue weighted by Crippen LogP contribution is 2.38. The van der Waals surface area contributed by atoms with E-state index in [9.17, 15) is 0 Å². The van der Waals surface area contributed by atoms with Crippen molar-refractivity contribution in [2.24, 2.45) is 0 Å². The van der Waals surface area contributed by atoms with Gasteiger partial charge in [-0.1, -0.05) is 18.2 Å². The third-order valence-corrected chi connectivity index (χ3v) is 3.65. The smallest absolute Gasteiger partial charge is 0.203 e. The minimum absolute atomic E-state index is 0.582. The molecule has 0 aliphatic carbocycles. The van der Waals surface area contributed by atoms with E-state index in [-0.39, 0.29) is 0 Å². The van der Waals surface area contributed by atoms with Crippen LogP contribution in [0.4, 0.5) is 5.69 Å². The molecular formula is C19H23NO4. The lowest BCUT2D eigenvalue weighted by molar-refractivity contribution is 0.324. The van der Waals surface area contributed by atoms with Gasteiger partial charge >= 0.3 is 0 Å². The number of rotatable bonds is 7. The molecule has 0 radical (unpaired) electrons. The maximum atomic E-state index is 5.37. The summed E-state index contributed by atoms with van der Waals surface area (Å²) >= 11 is 0. The van der Waals surface area contributed by atoms with Gasteiger partial charge in [0.1, 0.15) is 5.75 Å². The maximum absolute atomic E-state index is 5.37. The summed E-state index contributed by atoms with van der Waals surface area (Å²) in [5, 5.41) is 3.12. The fraction of sp³-hybridized carbons (Fsp3) is 0.263. The first-order valence-corrected chi connectivity index (χ1v) is 7.50. The van der Waals surface area contributed by atoms with Crippen LogP contribution in [0.1, 0.15) is 11.1 Å². The zero-order valence-corrected chi connectivity index (χ0v) is 14.7. The average Bonchev–Trinajstić information content (AvgIpc) is 2.64. The summed E-state index contributed by atoms with van der Waals surface area (Å²) in [5.41, 5.74) is 2.93. The summed E-state index contributed by atoms with van der Waals surface area (Å²) in [4.78, 5) is 0. The summed E-state index contributed by atoms with van der Waals surface area (Å²) in [6, 6.07) is 9.75. The van der Waals surface area contributed by atoms with E-state index in [0.29, 0.717) is 17.2 Å². The molecule has 24 heavy (non-hydrogen) atoms. The first kappa shape index (κ1) is 17.5. The van der Waals surface area contributed by atoms with E-state index in [1.54, 1.807) is 28.4 Å². The van der Waals surface area contributed by atoms with Gasteiger partial charge in [-0.3, -0.25) is 0 Å². The number of ether oxygens (including phenoxy) is 4. The van der Waals surface area contributed by atoms with Crippen LogP contribution in [0, 0.1) is 0 Å². The molecule has 0 unspecified atom stereocenters. The Labute approximate surface area is 142 Å². The molecular weight excluding hydrogens is 306 g/mol. The summed E-state index contributed by atoms with van der Waals surface area (Å²) in [7, 11) is 8.32. The molecule has 0 amide bonds. The number of benzene rings is 2. The molecule has 0 aromatic heterocycles. The van der Waals surface area contributed by atoms with Crippen molar-refractivity contribution in [2.45, 2.75) is 0 Å². The topological polar surface area (TPSA) is 49.0 Å². The van der Waals surface area contributed by atoms with Gasteiger partial charge in [-0.05, 0) is 35.4 Å². The lowest BCUT2D eigenvalue weighted by Gasteiger charge is -2.13. The average molecular weight is 329 g/mol. The quantitative estimate of drug-likeness (QED) is 0.780. The van der Waals surface area contributed by atoms with Crippen molar-refractivity contribution < 1.29 is 18.9 Å². The highest BCUT2D eigenvalue weighted by molar-refractivity contribution is 5.75. The fourth-order valence-electron chi connectivity index (χ4n) is 2.41. The minimum Gasteiger partial charge on any atom is -0.495 e. The van der Waals surface area contributed by atoms with Gasteiger partial charge in [0.05, 0.1) is 34.1 Å². The van der Waals surface area contributed by atoms with Gasteiger partial charge in [-0.15, -0.1) is 0 Å². The predicted molar refractivity (Wildman–Crippen MR) is 97.6 cm³/mol. The minimum atomic E-state index is 0.582. The van der Waals surface area contributed by atoms with Crippen molar-refractivity contribution in [1.29, 1.82) is 0 Å². The number of hydrogen-bond acceptors (Lipinski definition) is 5. The molecule has 0 fully saturated rings. The van der Waals surface area contributed by atoms with E-state index in [0.717, 1.165) is 22.6 Å². The second-order valence-corrected chi connectivity index (χ2v) is 5.00. The Bertz CT molecular complexity index is 700. The van der Waals surface area contributed by atoms with Crippen molar-refractivity contribution in [3.05, 3.63) is 41.5 Å². The van der Waals surface area contributed by atoms with Crippen molar-refractivity contribution in [2.75, 3.05) is 40.8 Å². The van der Waals surface area contributed by atoms with Crippen LogP contribution in [-0.2, 0) is 0 Å². The van der Waals surface area contributed by atoms with E-state index in [1.807, 2.05) is 49.5 Å².